The number of fused-ring (bicyclic) bond motifs is 2. The molecule has 1 atom stereocenters. The van der Waals surface area contributed by atoms with Crippen LogP contribution in [0.3, 0.4) is 0 Å². The van der Waals surface area contributed by atoms with Gasteiger partial charge in [0.1, 0.15) is 11.9 Å². The second kappa shape index (κ2) is 8.89. The minimum absolute atomic E-state index is 0.354. The van der Waals surface area contributed by atoms with Crippen LogP contribution < -0.4 is 5.32 Å². The first kappa shape index (κ1) is 22.1. The second-order valence-electron chi connectivity index (χ2n) is 9.19. The maximum atomic E-state index is 12.6. The van der Waals surface area contributed by atoms with Crippen molar-refractivity contribution in [3.8, 4) is 11.4 Å². The van der Waals surface area contributed by atoms with E-state index >= 15 is 0 Å². The van der Waals surface area contributed by atoms with Crippen LogP contribution >= 0.6 is 0 Å². The van der Waals surface area contributed by atoms with E-state index in [0.717, 1.165) is 51.9 Å². The van der Waals surface area contributed by atoms with Crippen LogP contribution in [0.4, 0.5) is 0 Å². The zero-order valence-corrected chi connectivity index (χ0v) is 19.4. The van der Waals surface area contributed by atoms with Gasteiger partial charge in [0.05, 0.1) is 16.6 Å². The van der Waals surface area contributed by atoms with Gasteiger partial charge in [0.25, 0.3) is 5.91 Å². The fourth-order valence-corrected chi connectivity index (χ4v) is 4.86. The molecule has 0 bridgehead atoms. The third-order valence-electron chi connectivity index (χ3n) is 6.70. The van der Waals surface area contributed by atoms with Crippen LogP contribution in [-0.2, 0) is 4.79 Å². The first-order valence-corrected chi connectivity index (χ1v) is 11.8. The Hall–Kier alpha value is -3.74. The predicted molar refractivity (Wildman–Crippen MR) is 132 cm³/mol. The van der Waals surface area contributed by atoms with Crippen LogP contribution in [0.2, 0.25) is 0 Å². The number of aromatic nitrogens is 3. The van der Waals surface area contributed by atoms with Gasteiger partial charge in [-0.15, -0.1) is 0 Å². The molecular formula is C27H28N4O3. The van der Waals surface area contributed by atoms with E-state index in [1.54, 1.807) is 12.1 Å². The number of hydrogen-bond acceptors (Lipinski definition) is 4. The average molecular weight is 457 g/mol. The summed E-state index contributed by atoms with van der Waals surface area (Å²) < 4.78 is 2.33. The Morgan fingerprint density at radius 1 is 1.00 bits per heavy atom. The number of amides is 1. The quantitative estimate of drug-likeness (QED) is 0.426. The first-order valence-electron chi connectivity index (χ1n) is 11.8. The number of hydrogen-bond donors (Lipinski definition) is 2. The Morgan fingerprint density at radius 2 is 1.79 bits per heavy atom. The summed E-state index contributed by atoms with van der Waals surface area (Å²) in [6, 6.07) is 15.2. The number of imidazole rings is 1. The van der Waals surface area contributed by atoms with Gasteiger partial charge in [-0.25, -0.2) is 4.98 Å². The maximum absolute atomic E-state index is 12.6. The number of carboxylic acid groups (broad SMARTS) is 1. The zero-order valence-electron chi connectivity index (χ0n) is 19.4. The number of aliphatic carboxylic acids is 1. The molecule has 7 nitrogen and oxygen atoms in total. The Morgan fingerprint density at radius 3 is 2.56 bits per heavy atom. The lowest BCUT2D eigenvalue weighted by Gasteiger charge is -2.25. The number of carbonyl (C=O) groups is 2. The molecule has 4 aromatic rings. The predicted octanol–water partition coefficient (Wildman–Crippen LogP) is 5.27. The van der Waals surface area contributed by atoms with Crippen molar-refractivity contribution in [2.24, 2.45) is 0 Å². The van der Waals surface area contributed by atoms with E-state index in [-0.39, 0.29) is 0 Å². The van der Waals surface area contributed by atoms with E-state index in [1.807, 2.05) is 25.1 Å². The van der Waals surface area contributed by atoms with Crippen molar-refractivity contribution in [2.45, 2.75) is 58.0 Å². The molecule has 1 aliphatic rings. The molecule has 1 unspecified atom stereocenters. The van der Waals surface area contributed by atoms with Crippen LogP contribution in [-0.4, -0.2) is 37.6 Å². The molecule has 2 N–H and O–H groups in total. The van der Waals surface area contributed by atoms with Gasteiger partial charge in [0.2, 0.25) is 0 Å². The number of aryl methyl sites for hydroxylation is 1. The normalized spacial score (nSPS) is 15.5. The lowest BCUT2D eigenvalue weighted by atomic mass is 9.94. The van der Waals surface area contributed by atoms with E-state index in [0.29, 0.717) is 11.6 Å². The Labute approximate surface area is 197 Å². The van der Waals surface area contributed by atoms with Crippen LogP contribution in [0.15, 0.2) is 48.5 Å². The van der Waals surface area contributed by atoms with E-state index in [4.69, 9.17) is 10.1 Å². The third-order valence-corrected chi connectivity index (χ3v) is 6.70. The molecule has 1 amide bonds. The van der Waals surface area contributed by atoms with Crippen LogP contribution in [0.1, 0.15) is 61.1 Å². The number of benzene rings is 2. The molecular weight excluding hydrogens is 428 g/mol. The molecule has 2 aromatic carbocycles. The van der Waals surface area contributed by atoms with Gasteiger partial charge < -0.3 is 15.0 Å². The Bertz CT molecular complexity index is 1400. The van der Waals surface area contributed by atoms with Crippen molar-refractivity contribution in [3.63, 3.8) is 0 Å². The van der Waals surface area contributed by atoms with E-state index in [1.165, 1.54) is 26.2 Å². The standard InChI is InChI=1S/C27H28N4O3/c1-16-8-9-18-14-19(10-12-22(18)28-16)25-30-23-15-20(26(32)29-17(2)27(33)34)11-13-24(23)31(25)21-6-4-3-5-7-21/h8-15,17,21H,3-7H2,1-2H3,(H,29,32)(H,33,34). The first-order chi connectivity index (χ1) is 16.4. The van der Waals surface area contributed by atoms with Crippen LogP contribution in [0.25, 0.3) is 33.3 Å². The molecule has 0 aliphatic heterocycles. The van der Waals surface area contributed by atoms with Gasteiger partial charge in [-0.2, -0.15) is 0 Å². The summed E-state index contributed by atoms with van der Waals surface area (Å²) >= 11 is 0. The molecule has 0 spiro atoms. The SMILES string of the molecule is Cc1ccc2cc(-c3nc4cc(C(=O)NC(C)C(=O)O)ccc4n3C3CCCCC3)ccc2n1. The van der Waals surface area contributed by atoms with Crippen molar-refractivity contribution in [1.29, 1.82) is 0 Å². The van der Waals surface area contributed by atoms with Gasteiger partial charge >= 0.3 is 5.97 Å². The summed E-state index contributed by atoms with van der Waals surface area (Å²) in [4.78, 5) is 33.4. The summed E-state index contributed by atoms with van der Waals surface area (Å²) in [5.41, 5.74) is 5.09. The fraction of sp³-hybridized carbons (Fsp3) is 0.333. The van der Waals surface area contributed by atoms with Crippen LogP contribution in [0, 0.1) is 6.92 Å². The third kappa shape index (κ3) is 4.14. The minimum Gasteiger partial charge on any atom is -0.480 e. The fourth-order valence-electron chi connectivity index (χ4n) is 4.86. The number of nitrogens with one attached hydrogen (secondary N) is 1. The molecule has 1 fully saturated rings. The molecule has 34 heavy (non-hydrogen) atoms. The second-order valence-corrected chi connectivity index (χ2v) is 9.19. The Kier molecular flexibility index (Phi) is 5.77. The molecule has 0 radical (unpaired) electrons. The minimum atomic E-state index is -1.07. The molecule has 0 saturated heterocycles. The molecule has 5 rings (SSSR count). The van der Waals surface area contributed by atoms with E-state index in [2.05, 4.69) is 33.1 Å². The van der Waals surface area contributed by atoms with Gasteiger partial charge in [0.15, 0.2) is 0 Å². The topological polar surface area (TPSA) is 97.1 Å². The number of pyridine rings is 1. The van der Waals surface area contributed by atoms with Crippen molar-refractivity contribution in [3.05, 3.63) is 59.8 Å². The van der Waals surface area contributed by atoms with Gasteiger partial charge in [-0.1, -0.05) is 25.3 Å². The number of rotatable bonds is 5. The van der Waals surface area contributed by atoms with E-state index < -0.39 is 17.9 Å². The molecule has 1 aliphatic carbocycles. The number of carboxylic acids is 1. The highest BCUT2D eigenvalue weighted by molar-refractivity contribution is 5.99. The molecule has 1 saturated carbocycles. The van der Waals surface area contributed by atoms with Gasteiger partial charge in [-0.05, 0) is 69.2 Å². The zero-order chi connectivity index (χ0) is 23.8. The monoisotopic (exact) mass is 456 g/mol. The van der Waals surface area contributed by atoms with Crippen molar-refractivity contribution in [1.82, 2.24) is 19.9 Å². The van der Waals surface area contributed by atoms with Crippen molar-refractivity contribution < 1.29 is 14.7 Å². The summed E-state index contributed by atoms with van der Waals surface area (Å²) in [6.45, 7) is 3.44. The number of nitrogens with zero attached hydrogens (tertiary/aromatic N) is 3. The Balaban J connectivity index is 1.61. The maximum Gasteiger partial charge on any atom is 0.325 e. The molecule has 174 valence electrons. The smallest absolute Gasteiger partial charge is 0.325 e. The average Bonchev–Trinajstić information content (AvgIpc) is 3.23. The van der Waals surface area contributed by atoms with Gasteiger partial charge in [-0.3, -0.25) is 14.6 Å². The summed E-state index contributed by atoms with van der Waals surface area (Å²) in [6.07, 6.45) is 5.85. The van der Waals surface area contributed by atoms with Gasteiger partial charge in [0, 0.05) is 28.2 Å². The van der Waals surface area contributed by atoms with E-state index in [9.17, 15) is 9.59 Å². The summed E-state index contributed by atoms with van der Waals surface area (Å²) in [5.74, 6) is -0.599. The summed E-state index contributed by atoms with van der Waals surface area (Å²) in [7, 11) is 0. The molecule has 2 heterocycles. The highest BCUT2D eigenvalue weighted by Gasteiger charge is 2.24. The number of carbonyl (C=O) groups excluding carboxylic acids is 1. The van der Waals surface area contributed by atoms with Crippen LogP contribution in [0.5, 0.6) is 0 Å². The largest absolute Gasteiger partial charge is 0.480 e. The summed E-state index contributed by atoms with van der Waals surface area (Å²) in [5, 5.41) is 12.7. The van der Waals surface area contributed by atoms with Crippen molar-refractivity contribution in [2.75, 3.05) is 0 Å². The lowest BCUT2D eigenvalue weighted by molar-refractivity contribution is -0.138. The highest BCUT2D eigenvalue weighted by Crippen LogP contribution is 2.36. The van der Waals surface area contributed by atoms with Crippen molar-refractivity contribution >= 4 is 33.8 Å². The highest BCUT2D eigenvalue weighted by atomic mass is 16.4. The lowest BCUT2D eigenvalue weighted by Crippen LogP contribution is -2.38. The molecule has 2 aromatic heterocycles. The molecule has 7 heteroatoms.